The van der Waals surface area contributed by atoms with Gasteiger partial charge in [0, 0.05) is 10.8 Å². The Balaban J connectivity index is 1.59. The van der Waals surface area contributed by atoms with Crippen molar-refractivity contribution in [1.82, 2.24) is 0 Å². The van der Waals surface area contributed by atoms with E-state index >= 15 is 0 Å². The van der Waals surface area contributed by atoms with Crippen molar-refractivity contribution in [1.29, 1.82) is 0 Å². The average molecular weight is 459 g/mol. The standard InChI is InChI=1S/C21H24F3NO5S/c1-19-5-4-13-14-8-16(29-10-21(22,23)24)17(30-31(25,27)28)6-11(14)2-3-15(13)20(19)9-12(20)7-18(19)26/h6,8,12,18,26H,2-5,7,9-10H2,1H3,(H2,25,27,28)/t12-,18+,19-,20+/m1/s1. The van der Waals surface area contributed by atoms with Crippen LogP contribution in [-0.4, -0.2) is 32.4 Å². The number of aryl methyl sites for hydroxylation is 1. The van der Waals surface area contributed by atoms with Crippen molar-refractivity contribution in [2.75, 3.05) is 6.61 Å². The zero-order valence-electron chi connectivity index (χ0n) is 17.0. The molecular weight excluding hydrogens is 435 g/mol. The Hall–Kier alpha value is -1.78. The monoisotopic (exact) mass is 459 g/mol. The van der Waals surface area contributed by atoms with Gasteiger partial charge in [0.05, 0.1) is 6.10 Å². The maximum Gasteiger partial charge on any atom is 0.422 e. The number of ether oxygens (including phenoxy) is 1. The molecule has 1 spiro atoms. The Kier molecular flexibility index (Phi) is 4.34. The lowest BCUT2D eigenvalue weighted by molar-refractivity contribution is -0.153. The summed E-state index contributed by atoms with van der Waals surface area (Å²) in [5.41, 5.74) is 3.78. The maximum atomic E-state index is 12.8. The number of aliphatic hydroxyl groups is 1. The van der Waals surface area contributed by atoms with Crippen molar-refractivity contribution in [3.05, 3.63) is 28.8 Å². The van der Waals surface area contributed by atoms with E-state index in [1.807, 2.05) is 0 Å². The number of alkyl halides is 3. The highest BCUT2D eigenvalue weighted by atomic mass is 32.2. The number of halogens is 3. The zero-order chi connectivity index (χ0) is 22.4. The summed E-state index contributed by atoms with van der Waals surface area (Å²) in [6.07, 6.45) is -0.201. The highest BCUT2D eigenvalue weighted by Crippen LogP contribution is 2.80. The number of allylic oxidation sites excluding steroid dienone is 2. The van der Waals surface area contributed by atoms with Crippen LogP contribution in [0.3, 0.4) is 0 Å². The first-order chi connectivity index (χ1) is 14.3. The van der Waals surface area contributed by atoms with Crippen LogP contribution in [0.1, 0.15) is 50.2 Å². The van der Waals surface area contributed by atoms with Gasteiger partial charge in [-0.25, -0.2) is 0 Å². The minimum absolute atomic E-state index is 0.0273. The molecule has 3 N–H and O–H groups in total. The minimum atomic E-state index is -4.59. The van der Waals surface area contributed by atoms with Crippen molar-refractivity contribution >= 4 is 15.9 Å². The Bertz CT molecular complexity index is 1100. The molecule has 2 saturated carbocycles. The number of aliphatic hydroxyl groups excluding tert-OH is 1. The highest BCUT2D eigenvalue weighted by Gasteiger charge is 2.74. The molecular formula is C21H24F3NO5S. The first-order valence-corrected chi connectivity index (χ1v) is 11.8. The van der Waals surface area contributed by atoms with Gasteiger partial charge in [0.1, 0.15) is 0 Å². The van der Waals surface area contributed by atoms with E-state index in [0.717, 1.165) is 42.4 Å². The van der Waals surface area contributed by atoms with E-state index in [9.17, 15) is 26.7 Å². The van der Waals surface area contributed by atoms with Crippen LogP contribution in [0.4, 0.5) is 13.2 Å². The molecule has 0 bridgehead atoms. The van der Waals surface area contributed by atoms with E-state index in [0.29, 0.717) is 18.8 Å². The van der Waals surface area contributed by atoms with Gasteiger partial charge in [-0.2, -0.15) is 26.7 Å². The van der Waals surface area contributed by atoms with E-state index in [4.69, 9.17) is 14.1 Å². The molecule has 6 nitrogen and oxygen atoms in total. The SMILES string of the molecule is C[C@]12CCC3=C(CCc4cc(OS(N)(=O)=O)c(OCC(F)(F)F)cc43)[C@@]13C[C@H]3C[C@@H]2O. The fraction of sp³-hybridized carbons (Fsp3) is 0.619. The second-order valence-electron chi connectivity index (χ2n) is 9.43. The van der Waals surface area contributed by atoms with Gasteiger partial charge in [0.25, 0.3) is 0 Å². The third-order valence-electron chi connectivity index (χ3n) is 7.90. The van der Waals surface area contributed by atoms with E-state index in [1.165, 1.54) is 17.7 Å². The largest absolute Gasteiger partial charge is 0.480 e. The zero-order valence-corrected chi connectivity index (χ0v) is 17.8. The van der Waals surface area contributed by atoms with Crippen LogP contribution in [-0.2, 0) is 16.7 Å². The number of fused-ring (bicyclic) bond motifs is 2. The van der Waals surface area contributed by atoms with Gasteiger partial charge in [-0.1, -0.05) is 12.5 Å². The average Bonchev–Trinajstić information content (AvgIpc) is 3.30. The lowest BCUT2D eigenvalue weighted by atomic mass is 9.59. The number of rotatable bonds is 4. The van der Waals surface area contributed by atoms with Gasteiger partial charge < -0.3 is 14.0 Å². The highest BCUT2D eigenvalue weighted by molar-refractivity contribution is 7.84. The van der Waals surface area contributed by atoms with Crippen molar-refractivity contribution in [3.8, 4) is 11.5 Å². The predicted octanol–water partition coefficient (Wildman–Crippen LogP) is 3.48. The molecule has 1 aromatic carbocycles. The van der Waals surface area contributed by atoms with Crippen molar-refractivity contribution in [2.24, 2.45) is 21.9 Å². The second-order valence-corrected chi connectivity index (χ2v) is 10.6. The van der Waals surface area contributed by atoms with Crippen LogP contribution in [0.25, 0.3) is 5.57 Å². The summed E-state index contributed by atoms with van der Waals surface area (Å²) in [5, 5.41) is 15.6. The van der Waals surface area contributed by atoms with Crippen LogP contribution >= 0.6 is 0 Å². The predicted molar refractivity (Wildman–Crippen MR) is 105 cm³/mol. The van der Waals surface area contributed by atoms with Gasteiger partial charge in [-0.15, -0.1) is 0 Å². The normalized spacial score (nSPS) is 33.9. The summed E-state index contributed by atoms with van der Waals surface area (Å²) in [4.78, 5) is 0. The Morgan fingerprint density at radius 1 is 1.23 bits per heavy atom. The fourth-order valence-electron chi connectivity index (χ4n) is 6.53. The fourth-order valence-corrected chi connectivity index (χ4v) is 6.91. The molecule has 4 aliphatic rings. The molecule has 0 unspecified atom stereocenters. The number of hydrogen-bond acceptors (Lipinski definition) is 5. The first-order valence-electron chi connectivity index (χ1n) is 10.3. The summed E-state index contributed by atoms with van der Waals surface area (Å²) < 4.78 is 70.8. The molecule has 4 atom stereocenters. The van der Waals surface area contributed by atoms with E-state index in [2.05, 4.69) is 6.92 Å². The molecule has 0 amide bonds. The molecule has 0 heterocycles. The topological polar surface area (TPSA) is 98.9 Å². The smallest absolute Gasteiger partial charge is 0.422 e. The van der Waals surface area contributed by atoms with Gasteiger partial charge in [0.2, 0.25) is 0 Å². The molecule has 10 heteroatoms. The Morgan fingerprint density at radius 2 is 1.97 bits per heavy atom. The number of hydrogen-bond donors (Lipinski definition) is 2. The van der Waals surface area contributed by atoms with Crippen LogP contribution < -0.4 is 14.1 Å². The van der Waals surface area contributed by atoms with Crippen molar-refractivity contribution in [2.45, 2.75) is 57.7 Å². The lowest BCUT2D eigenvalue weighted by Gasteiger charge is -2.46. The second kappa shape index (κ2) is 6.39. The Labute approximate surface area is 178 Å². The third kappa shape index (κ3) is 3.17. The molecule has 4 aliphatic carbocycles. The molecule has 170 valence electrons. The van der Waals surface area contributed by atoms with Crippen LogP contribution in [0.2, 0.25) is 0 Å². The molecule has 31 heavy (non-hydrogen) atoms. The first kappa shape index (κ1) is 21.1. The van der Waals surface area contributed by atoms with E-state index in [1.54, 1.807) is 0 Å². The van der Waals surface area contributed by atoms with Crippen LogP contribution in [0, 0.1) is 16.7 Å². The minimum Gasteiger partial charge on any atom is -0.480 e. The van der Waals surface area contributed by atoms with Gasteiger partial charge in [-0.3, -0.25) is 0 Å². The summed E-state index contributed by atoms with van der Waals surface area (Å²) in [6.45, 7) is 0.583. The van der Waals surface area contributed by atoms with Crippen LogP contribution in [0.5, 0.6) is 11.5 Å². The summed E-state index contributed by atoms with van der Waals surface area (Å²) in [6, 6.07) is 2.88. The van der Waals surface area contributed by atoms with Gasteiger partial charge in [-0.05, 0) is 73.3 Å². The number of benzene rings is 1. The van der Waals surface area contributed by atoms with Crippen LogP contribution in [0.15, 0.2) is 17.7 Å². The van der Waals surface area contributed by atoms with Gasteiger partial charge in [0.15, 0.2) is 18.1 Å². The van der Waals surface area contributed by atoms with E-state index < -0.39 is 23.1 Å². The maximum absolute atomic E-state index is 12.8. The third-order valence-corrected chi connectivity index (χ3v) is 8.31. The molecule has 0 saturated heterocycles. The van der Waals surface area contributed by atoms with E-state index in [-0.39, 0.29) is 28.4 Å². The summed E-state index contributed by atoms with van der Waals surface area (Å²) in [7, 11) is -4.43. The molecule has 5 rings (SSSR count). The summed E-state index contributed by atoms with van der Waals surface area (Å²) in [5.74, 6) is -0.192. The van der Waals surface area contributed by atoms with Crippen molar-refractivity contribution < 1.29 is 35.6 Å². The summed E-state index contributed by atoms with van der Waals surface area (Å²) >= 11 is 0. The molecule has 0 aromatic heterocycles. The lowest BCUT2D eigenvalue weighted by Crippen LogP contribution is -2.41. The number of nitrogens with two attached hydrogens (primary N) is 1. The molecule has 0 aliphatic heterocycles. The molecule has 2 fully saturated rings. The quantitative estimate of drug-likeness (QED) is 0.718. The van der Waals surface area contributed by atoms with Gasteiger partial charge >= 0.3 is 16.5 Å². The van der Waals surface area contributed by atoms with Crippen molar-refractivity contribution in [3.63, 3.8) is 0 Å². The molecule has 0 radical (unpaired) electrons. The Morgan fingerprint density at radius 3 is 2.65 bits per heavy atom. The molecule has 1 aromatic rings.